The maximum absolute atomic E-state index is 12.1. The number of nitrogens with one attached hydrogen (secondary N) is 2. The first kappa shape index (κ1) is 20.2. The average molecular weight is 373 g/mol. The van der Waals surface area contributed by atoms with Gasteiger partial charge in [-0.2, -0.15) is 0 Å². The predicted octanol–water partition coefficient (Wildman–Crippen LogP) is 2.61. The molecule has 24 heavy (non-hydrogen) atoms. The molecule has 0 aliphatic carbocycles. The zero-order valence-electron chi connectivity index (χ0n) is 13.5. The Morgan fingerprint density at radius 1 is 1.21 bits per heavy atom. The van der Waals surface area contributed by atoms with Crippen molar-refractivity contribution >= 4 is 33.8 Å². The molecule has 0 fully saturated rings. The van der Waals surface area contributed by atoms with E-state index in [1.807, 2.05) is 25.1 Å². The number of sulfone groups is 1. The van der Waals surface area contributed by atoms with Crippen molar-refractivity contribution in [2.75, 3.05) is 18.1 Å². The van der Waals surface area contributed by atoms with Crippen LogP contribution in [0.25, 0.3) is 0 Å². The molecule has 2 aromatic rings. The molecule has 0 unspecified atom stereocenters. The Morgan fingerprint density at radius 2 is 1.96 bits per heavy atom. The van der Waals surface area contributed by atoms with E-state index in [1.165, 1.54) is 12.1 Å². The number of hydrogen-bond acceptors (Lipinski definition) is 5. The predicted molar refractivity (Wildman–Crippen MR) is 96.3 cm³/mol. The molecular formula is C16H21ClN2O4S. The van der Waals surface area contributed by atoms with Gasteiger partial charge in [-0.3, -0.25) is 4.79 Å². The molecule has 0 aliphatic heterocycles. The van der Waals surface area contributed by atoms with Gasteiger partial charge in [-0.25, -0.2) is 8.42 Å². The van der Waals surface area contributed by atoms with Gasteiger partial charge in [0.2, 0.25) is 0 Å². The number of halogens is 1. The second-order valence-electron chi connectivity index (χ2n) is 5.27. The van der Waals surface area contributed by atoms with Gasteiger partial charge in [-0.1, -0.05) is 19.1 Å². The van der Waals surface area contributed by atoms with E-state index in [1.54, 1.807) is 6.07 Å². The molecule has 1 aromatic carbocycles. The first-order chi connectivity index (χ1) is 10.9. The third-order valence-electron chi connectivity index (χ3n) is 3.05. The Hall–Kier alpha value is -1.83. The monoisotopic (exact) mass is 372 g/mol. The molecule has 8 heteroatoms. The van der Waals surface area contributed by atoms with Crippen molar-refractivity contribution in [1.29, 1.82) is 0 Å². The highest BCUT2D eigenvalue weighted by Crippen LogP contribution is 2.15. The highest BCUT2D eigenvalue weighted by Gasteiger charge is 2.14. The van der Waals surface area contributed by atoms with Gasteiger partial charge in [0.15, 0.2) is 15.6 Å². The summed E-state index contributed by atoms with van der Waals surface area (Å²) in [6, 6.07) is 10.5. The number of carbonyl (C=O) groups is 1. The molecular weight excluding hydrogens is 352 g/mol. The maximum atomic E-state index is 12.1. The van der Waals surface area contributed by atoms with Gasteiger partial charge < -0.3 is 15.1 Å². The van der Waals surface area contributed by atoms with Gasteiger partial charge in [0.05, 0.1) is 0 Å². The van der Waals surface area contributed by atoms with Crippen LogP contribution in [0.2, 0.25) is 0 Å². The highest BCUT2D eigenvalue weighted by molar-refractivity contribution is 7.89. The topological polar surface area (TPSA) is 88.4 Å². The Morgan fingerprint density at radius 3 is 2.62 bits per heavy atom. The summed E-state index contributed by atoms with van der Waals surface area (Å²) in [5.41, 5.74) is 1.72. The lowest BCUT2D eigenvalue weighted by molar-refractivity contribution is 0.0995. The number of amides is 1. The minimum Gasteiger partial charge on any atom is -0.455 e. The molecule has 0 saturated carbocycles. The fraction of sp³-hybridized carbons (Fsp3) is 0.312. The Kier molecular flexibility index (Phi) is 7.47. The zero-order chi connectivity index (χ0) is 16.9. The van der Waals surface area contributed by atoms with Crippen LogP contribution in [0.15, 0.2) is 40.8 Å². The van der Waals surface area contributed by atoms with E-state index >= 15 is 0 Å². The summed E-state index contributed by atoms with van der Waals surface area (Å²) in [5.74, 6) is -0.303. The minimum atomic E-state index is -3.20. The summed E-state index contributed by atoms with van der Waals surface area (Å²) in [6.07, 6.45) is 1.12. The Bertz CT molecular complexity index is 787. The van der Waals surface area contributed by atoms with Gasteiger partial charge in [-0.05, 0) is 36.4 Å². The van der Waals surface area contributed by atoms with Crippen molar-refractivity contribution < 1.29 is 17.6 Å². The fourth-order valence-electron chi connectivity index (χ4n) is 2.06. The molecule has 2 N–H and O–H groups in total. The molecule has 2 rings (SSSR count). The molecule has 0 bridgehead atoms. The van der Waals surface area contributed by atoms with Crippen LogP contribution in [0.5, 0.6) is 0 Å². The van der Waals surface area contributed by atoms with Gasteiger partial charge >= 0.3 is 0 Å². The second kappa shape index (κ2) is 8.86. The fourth-order valence-corrected chi connectivity index (χ4v) is 2.73. The summed E-state index contributed by atoms with van der Waals surface area (Å²) in [5, 5.41) is 5.95. The Labute approximate surface area is 148 Å². The van der Waals surface area contributed by atoms with Crippen molar-refractivity contribution in [3.8, 4) is 0 Å². The number of carbonyl (C=O) groups excluding carboxylic acids is 1. The summed E-state index contributed by atoms with van der Waals surface area (Å²) in [7, 11) is -3.20. The lowest BCUT2D eigenvalue weighted by atomic mass is 10.2. The number of furan rings is 1. The molecule has 1 aromatic heterocycles. The van der Waals surface area contributed by atoms with Crippen molar-refractivity contribution in [3.63, 3.8) is 0 Å². The van der Waals surface area contributed by atoms with Crippen molar-refractivity contribution in [1.82, 2.24) is 5.32 Å². The number of rotatable bonds is 7. The molecule has 0 spiro atoms. The first-order valence-corrected chi connectivity index (χ1v) is 9.31. The van der Waals surface area contributed by atoms with E-state index in [0.717, 1.165) is 24.9 Å². The Balaban J connectivity index is 0.00000288. The number of hydrogen-bond donors (Lipinski definition) is 2. The molecule has 0 atom stereocenters. The quantitative estimate of drug-likeness (QED) is 0.779. The molecule has 0 saturated heterocycles. The SMILES string of the molecule is CCNCc1cccc(NC(=O)c2ccc(CS(C)(=O)=O)o2)c1.Cl. The molecule has 6 nitrogen and oxygen atoms in total. The molecule has 132 valence electrons. The number of benzene rings is 1. The van der Waals surface area contributed by atoms with Crippen LogP contribution in [-0.4, -0.2) is 27.1 Å². The van der Waals surface area contributed by atoms with Crippen molar-refractivity contribution in [2.24, 2.45) is 0 Å². The van der Waals surface area contributed by atoms with Gasteiger partial charge in [0.1, 0.15) is 11.5 Å². The van der Waals surface area contributed by atoms with Crippen LogP contribution in [0.1, 0.15) is 28.8 Å². The summed E-state index contributed by atoms with van der Waals surface area (Å²) < 4.78 is 27.7. The van der Waals surface area contributed by atoms with Gasteiger partial charge in [0.25, 0.3) is 5.91 Å². The second-order valence-corrected chi connectivity index (χ2v) is 7.41. The van der Waals surface area contributed by atoms with Crippen LogP contribution < -0.4 is 10.6 Å². The lowest BCUT2D eigenvalue weighted by Gasteiger charge is -2.06. The average Bonchev–Trinajstić information content (AvgIpc) is 2.92. The standard InChI is InChI=1S/C16H20N2O4S.ClH/c1-3-17-10-12-5-4-6-13(9-12)18-16(19)15-8-7-14(22-15)11-23(2,20)21;/h4-9,17H,3,10-11H2,1-2H3,(H,18,19);1H. The molecule has 0 aliphatic rings. The molecule has 1 amide bonds. The third-order valence-corrected chi connectivity index (χ3v) is 3.86. The van der Waals surface area contributed by atoms with Gasteiger partial charge in [-0.15, -0.1) is 12.4 Å². The summed E-state index contributed by atoms with van der Waals surface area (Å²) in [6.45, 7) is 3.61. The van der Waals surface area contributed by atoms with Gasteiger partial charge in [0, 0.05) is 18.5 Å². The van der Waals surface area contributed by atoms with Crippen LogP contribution in [0.3, 0.4) is 0 Å². The molecule has 0 radical (unpaired) electrons. The minimum absolute atomic E-state index is 0. The van der Waals surface area contributed by atoms with Crippen LogP contribution in [0.4, 0.5) is 5.69 Å². The normalized spacial score (nSPS) is 10.9. The molecule has 1 heterocycles. The van der Waals surface area contributed by atoms with Crippen LogP contribution in [0, 0.1) is 0 Å². The smallest absolute Gasteiger partial charge is 0.291 e. The highest BCUT2D eigenvalue weighted by atomic mass is 35.5. The number of anilines is 1. The summed E-state index contributed by atoms with van der Waals surface area (Å²) in [4.78, 5) is 12.1. The van der Waals surface area contributed by atoms with Crippen LogP contribution in [-0.2, 0) is 22.1 Å². The van der Waals surface area contributed by atoms with E-state index in [-0.39, 0.29) is 29.7 Å². The van der Waals surface area contributed by atoms with E-state index < -0.39 is 15.7 Å². The summed E-state index contributed by atoms with van der Waals surface area (Å²) >= 11 is 0. The zero-order valence-corrected chi connectivity index (χ0v) is 15.2. The third kappa shape index (κ3) is 6.35. The van der Waals surface area contributed by atoms with E-state index in [9.17, 15) is 13.2 Å². The largest absolute Gasteiger partial charge is 0.455 e. The van der Waals surface area contributed by atoms with Crippen molar-refractivity contribution in [2.45, 2.75) is 19.2 Å². The van der Waals surface area contributed by atoms with E-state index in [4.69, 9.17) is 4.42 Å². The van der Waals surface area contributed by atoms with Crippen molar-refractivity contribution in [3.05, 3.63) is 53.5 Å². The van der Waals surface area contributed by atoms with E-state index in [2.05, 4.69) is 10.6 Å². The first-order valence-electron chi connectivity index (χ1n) is 7.25. The maximum Gasteiger partial charge on any atom is 0.291 e. The lowest BCUT2D eigenvalue weighted by Crippen LogP contribution is -2.13. The van der Waals surface area contributed by atoms with E-state index in [0.29, 0.717) is 5.69 Å². The van der Waals surface area contributed by atoms with Crippen LogP contribution >= 0.6 is 12.4 Å².